The molecule has 1 aliphatic rings. The monoisotopic (exact) mass is 191 g/mol. The first kappa shape index (κ1) is 11.9. The third-order valence-corrected chi connectivity index (χ3v) is 2.29. The first-order valence-electron chi connectivity index (χ1n) is 4.35. The Morgan fingerprint density at radius 1 is 1.33 bits per heavy atom. The summed E-state index contributed by atoms with van der Waals surface area (Å²) in [6.45, 7) is 1.15. The van der Waals surface area contributed by atoms with E-state index in [1.54, 1.807) is 0 Å². The van der Waals surface area contributed by atoms with Crippen LogP contribution in [0.15, 0.2) is 0 Å². The number of rotatable bonds is 2. The van der Waals surface area contributed by atoms with Crippen LogP contribution in [0.5, 0.6) is 0 Å². The van der Waals surface area contributed by atoms with Crippen LogP contribution in [-0.2, 0) is 4.79 Å². The minimum absolute atomic E-state index is 0. The van der Waals surface area contributed by atoms with E-state index in [-0.39, 0.29) is 12.4 Å². The quantitative estimate of drug-likeness (QED) is 0.663. The zero-order valence-corrected chi connectivity index (χ0v) is 8.69. The van der Waals surface area contributed by atoms with Crippen LogP contribution in [0.25, 0.3) is 0 Å². The highest BCUT2D eigenvalue weighted by molar-refractivity contribution is 5.85. The Hall–Kier alpha value is -0.0800. The van der Waals surface area contributed by atoms with Gasteiger partial charge in [0.05, 0.1) is 0 Å². The second-order valence-corrected chi connectivity index (χ2v) is 3.74. The maximum Gasteiger partial charge on any atom is 0.132 e. The molecule has 0 aromatic rings. The molecule has 0 aromatic carbocycles. The third kappa shape index (κ3) is 4.07. The highest BCUT2D eigenvalue weighted by Crippen LogP contribution is 2.21. The molecule has 0 aliphatic heterocycles. The number of ketones is 1. The molecule has 0 unspecified atom stereocenters. The lowest BCUT2D eigenvalue weighted by Gasteiger charge is -2.23. The van der Waals surface area contributed by atoms with Crippen LogP contribution >= 0.6 is 12.4 Å². The van der Waals surface area contributed by atoms with Crippen molar-refractivity contribution in [1.82, 2.24) is 4.90 Å². The molecule has 3 heteroatoms. The fraction of sp³-hybridized carbons (Fsp3) is 0.889. The van der Waals surface area contributed by atoms with Crippen molar-refractivity contribution < 1.29 is 4.79 Å². The molecule has 0 N–H and O–H groups in total. The molecule has 0 radical (unpaired) electrons. The van der Waals surface area contributed by atoms with E-state index < -0.39 is 0 Å². The lowest BCUT2D eigenvalue weighted by molar-refractivity contribution is -0.121. The number of nitrogens with zero attached hydrogens (tertiary/aromatic N) is 1. The Bertz CT molecular complexity index is 137. The molecule has 1 fully saturated rings. The van der Waals surface area contributed by atoms with E-state index in [9.17, 15) is 4.79 Å². The standard InChI is InChI=1S/C9H17NO.ClH/c1-10(2)7-8-3-5-9(11)6-4-8;/h8H,3-7H2,1-2H3;1H. The average molecular weight is 192 g/mol. The zero-order chi connectivity index (χ0) is 8.27. The van der Waals surface area contributed by atoms with Crippen molar-refractivity contribution in [2.24, 2.45) is 5.92 Å². The van der Waals surface area contributed by atoms with Crippen molar-refractivity contribution in [3.63, 3.8) is 0 Å². The molecule has 0 heterocycles. The van der Waals surface area contributed by atoms with E-state index in [2.05, 4.69) is 19.0 Å². The van der Waals surface area contributed by atoms with Crippen LogP contribution in [0.2, 0.25) is 0 Å². The molecule has 1 aliphatic carbocycles. The first-order valence-corrected chi connectivity index (χ1v) is 4.35. The third-order valence-electron chi connectivity index (χ3n) is 2.29. The maximum atomic E-state index is 10.9. The summed E-state index contributed by atoms with van der Waals surface area (Å²) in [5.41, 5.74) is 0. The van der Waals surface area contributed by atoms with Gasteiger partial charge < -0.3 is 4.90 Å². The second-order valence-electron chi connectivity index (χ2n) is 3.74. The Kier molecular flexibility index (Phi) is 5.51. The minimum atomic E-state index is 0. The van der Waals surface area contributed by atoms with Crippen molar-refractivity contribution in [3.05, 3.63) is 0 Å². The van der Waals surface area contributed by atoms with Gasteiger partial charge in [-0.05, 0) is 32.9 Å². The predicted molar refractivity (Wildman–Crippen MR) is 52.8 cm³/mol. The molecule has 12 heavy (non-hydrogen) atoms. The molecule has 0 bridgehead atoms. The zero-order valence-electron chi connectivity index (χ0n) is 7.88. The fourth-order valence-corrected chi connectivity index (χ4v) is 1.70. The number of halogens is 1. The molecule has 0 amide bonds. The van der Waals surface area contributed by atoms with Crippen molar-refractivity contribution in [3.8, 4) is 0 Å². The molecule has 0 saturated heterocycles. The topological polar surface area (TPSA) is 20.3 Å². The van der Waals surface area contributed by atoms with Gasteiger partial charge in [0, 0.05) is 19.4 Å². The van der Waals surface area contributed by atoms with Gasteiger partial charge in [-0.1, -0.05) is 0 Å². The largest absolute Gasteiger partial charge is 0.309 e. The van der Waals surface area contributed by atoms with Crippen molar-refractivity contribution >= 4 is 18.2 Å². The molecule has 0 atom stereocenters. The highest BCUT2D eigenvalue weighted by Gasteiger charge is 2.18. The molecule has 1 saturated carbocycles. The van der Waals surface area contributed by atoms with Crippen LogP contribution in [-0.4, -0.2) is 31.3 Å². The van der Waals surface area contributed by atoms with E-state index in [0.717, 1.165) is 38.1 Å². The summed E-state index contributed by atoms with van der Waals surface area (Å²) in [6.07, 6.45) is 3.85. The van der Waals surface area contributed by atoms with E-state index >= 15 is 0 Å². The van der Waals surface area contributed by atoms with Crippen molar-refractivity contribution in [2.75, 3.05) is 20.6 Å². The maximum absolute atomic E-state index is 10.9. The summed E-state index contributed by atoms with van der Waals surface area (Å²) in [6, 6.07) is 0. The van der Waals surface area contributed by atoms with Gasteiger partial charge in [-0.25, -0.2) is 0 Å². The van der Waals surface area contributed by atoms with Gasteiger partial charge in [-0.2, -0.15) is 0 Å². The Balaban J connectivity index is 0.00000121. The molecule has 0 spiro atoms. The molecule has 1 rings (SSSR count). The minimum Gasteiger partial charge on any atom is -0.309 e. The van der Waals surface area contributed by atoms with Gasteiger partial charge in [-0.3, -0.25) is 4.79 Å². The Morgan fingerprint density at radius 3 is 2.25 bits per heavy atom. The van der Waals surface area contributed by atoms with Crippen molar-refractivity contribution in [2.45, 2.75) is 25.7 Å². The number of Topliss-reactive ketones (excluding diaryl/α,β-unsaturated/α-hetero) is 1. The van der Waals surface area contributed by atoms with Gasteiger partial charge in [-0.15, -0.1) is 12.4 Å². The van der Waals surface area contributed by atoms with E-state index in [4.69, 9.17) is 0 Å². The second kappa shape index (κ2) is 5.55. The smallest absolute Gasteiger partial charge is 0.132 e. The van der Waals surface area contributed by atoms with E-state index in [0.29, 0.717) is 5.78 Å². The number of hydrogen-bond acceptors (Lipinski definition) is 2. The molecule has 2 nitrogen and oxygen atoms in total. The van der Waals surface area contributed by atoms with Crippen LogP contribution in [0.3, 0.4) is 0 Å². The van der Waals surface area contributed by atoms with Gasteiger partial charge in [0.2, 0.25) is 0 Å². The van der Waals surface area contributed by atoms with E-state index in [1.165, 1.54) is 0 Å². The molecule has 72 valence electrons. The number of carbonyl (C=O) groups is 1. The Labute approximate surface area is 80.7 Å². The normalized spacial score (nSPS) is 19.4. The summed E-state index contributed by atoms with van der Waals surface area (Å²) in [4.78, 5) is 13.1. The van der Waals surface area contributed by atoms with Gasteiger partial charge in [0.15, 0.2) is 0 Å². The fourth-order valence-electron chi connectivity index (χ4n) is 1.70. The number of carbonyl (C=O) groups excluding carboxylic acids is 1. The van der Waals surface area contributed by atoms with E-state index in [1.807, 2.05) is 0 Å². The summed E-state index contributed by atoms with van der Waals surface area (Å²) < 4.78 is 0. The van der Waals surface area contributed by atoms with Crippen LogP contribution in [0, 0.1) is 5.92 Å². The van der Waals surface area contributed by atoms with Crippen LogP contribution < -0.4 is 0 Å². The summed E-state index contributed by atoms with van der Waals surface area (Å²) in [7, 11) is 4.19. The average Bonchev–Trinajstić information content (AvgIpc) is 1.93. The lowest BCUT2D eigenvalue weighted by atomic mass is 9.88. The first-order chi connectivity index (χ1) is 5.18. The SMILES string of the molecule is CN(C)CC1CCC(=O)CC1.Cl. The highest BCUT2D eigenvalue weighted by atomic mass is 35.5. The summed E-state index contributed by atoms with van der Waals surface area (Å²) >= 11 is 0. The number of hydrogen-bond donors (Lipinski definition) is 0. The summed E-state index contributed by atoms with van der Waals surface area (Å²) in [5, 5.41) is 0. The predicted octanol–water partition coefficient (Wildman–Crippen LogP) is 1.73. The van der Waals surface area contributed by atoms with Gasteiger partial charge >= 0.3 is 0 Å². The molecular formula is C9H18ClNO. The molecular weight excluding hydrogens is 174 g/mol. The van der Waals surface area contributed by atoms with Gasteiger partial charge in [0.1, 0.15) is 5.78 Å². The molecule has 0 aromatic heterocycles. The Morgan fingerprint density at radius 2 is 1.83 bits per heavy atom. The van der Waals surface area contributed by atoms with Gasteiger partial charge in [0.25, 0.3) is 0 Å². The van der Waals surface area contributed by atoms with Crippen LogP contribution in [0.1, 0.15) is 25.7 Å². The lowest BCUT2D eigenvalue weighted by Crippen LogP contribution is -2.25. The summed E-state index contributed by atoms with van der Waals surface area (Å²) in [5.74, 6) is 1.22. The van der Waals surface area contributed by atoms with Crippen LogP contribution in [0.4, 0.5) is 0 Å². The van der Waals surface area contributed by atoms with Crippen molar-refractivity contribution in [1.29, 1.82) is 0 Å².